The van der Waals surface area contributed by atoms with Crippen molar-refractivity contribution in [3.05, 3.63) is 48.0 Å². The van der Waals surface area contributed by atoms with Gasteiger partial charge in [0, 0.05) is 12.6 Å². The first kappa shape index (κ1) is 23.3. The van der Waals surface area contributed by atoms with Crippen LogP contribution in [0.3, 0.4) is 0 Å². The molecule has 0 aromatic heterocycles. The molecule has 0 saturated heterocycles. The van der Waals surface area contributed by atoms with Crippen LogP contribution in [0.25, 0.3) is 0 Å². The lowest BCUT2D eigenvalue weighted by Gasteiger charge is -2.24. The van der Waals surface area contributed by atoms with E-state index in [4.69, 9.17) is 14.2 Å². The molecule has 0 aliphatic carbocycles. The lowest BCUT2D eigenvalue weighted by atomic mass is 10.1. The number of carbonyl (C=O) groups excluding carboxylic acids is 1. The Morgan fingerprint density at radius 1 is 1.00 bits per heavy atom. The normalized spacial score (nSPS) is 10.9. The van der Waals surface area contributed by atoms with Crippen LogP contribution < -0.4 is 23.8 Å². The second-order valence-corrected chi connectivity index (χ2v) is 8.48. The number of benzene rings is 2. The fourth-order valence-corrected chi connectivity index (χ4v) is 3.83. The maximum absolute atomic E-state index is 12.4. The van der Waals surface area contributed by atoms with Gasteiger partial charge < -0.3 is 19.5 Å². The number of hydrogen-bond donors (Lipinski definition) is 1. The first-order valence-corrected chi connectivity index (χ1v) is 11.2. The monoisotopic (exact) mass is 436 g/mol. The van der Waals surface area contributed by atoms with E-state index in [1.54, 1.807) is 25.3 Å². The molecule has 0 aliphatic heterocycles. The number of aryl methyl sites for hydroxylation is 1. The van der Waals surface area contributed by atoms with Crippen molar-refractivity contribution in [1.29, 1.82) is 0 Å². The molecule has 9 heteroatoms. The fourth-order valence-electron chi connectivity index (χ4n) is 2.97. The van der Waals surface area contributed by atoms with Crippen LogP contribution >= 0.6 is 0 Å². The molecule has 164 valence electrons. The van der Waals surface area contributed by atoms with E-state index in [1.165, 1.54) is 14.2 Å². The minimum absolute atomic E-state index is 0.268. The van der Waals surface area contributed by atoms with E-state index < -0.39 is 15.9 Å². The smallest absolute Gasteiger partial charge is 0.240 e. The molecule has 8 nitrogen and oxygen atoms in total. The van der Waals surface area contributed by atoms with Gasteiger partial charge in [-0.05, 0) is 36.6 Å². The highest BCUT2D eigenvalue weighted by Crippen LogP contribution is 2.33. The molecule has 0 unspecified atom stereocenters. The highest BCUT2D eigenvalue weighted by Gasteiger charge is 2.24. The number of ether oxygens (including phenoxy) is 3. The number of nitrogens with zero attached hydrogens (tertiary/aromatic N) is 1. The number of sulfonamides is 1. The van der Waals surface area contributed by atoms with E-state index in [0.29, 0.717) is 24.5 Å². The summed E-state index contributed by atoms with van der Waals surface area (Å²) in [7, 11) is 0.835. The molecule has 2 aromatic rings. The van der Waals surface area contributed by atoms with Crippen molar-refractivity contribution in [2.75, 3.05) is 45.0 Å². The van der Waals surface area contributed by atoms with E-state index in [1.807, 2.05) is 24.3 Å². The van der Waals surface area contributed by atoms with Gasteiger partial charge in [0.2, 0.25) is 15.9 Å². The number of carbonyl (C=O) groups is 1. The molecule has 0 saturated carbocycles. The molecule has 0 fully saturated rings. The zero-order chi connectivity index (χ0) is 22.1. The second kappa shape index (κ2) is 10.7. The minimum atomic E-state index is -3.71. The largest absolute Gasteiger partial charge is 0.497 e. The zero-order valence-electron chi connectivity index (χ0n) is 17.7. The predicted molar refractivity (Wildman–Crippen MR) is 116 cm³/mol. The van der Waals surface area contributed by atoms with Crippen LogP contribution in [-0.2, 0) is 21.2 Å². The fraction of sp³-hybridized carbons (Fsp3) is 0.381. The highest BCUT2D eigenvalue weighted by molar-refractivity contribution is 7.92. The number of para-hydroxylation sites is 1. The number of anilines is 1. The van der Waals surface area contributed by atoms with Gasteiger partial charge in [-0.25, -0.2) is 8.42 Å². The van der Waals surface area contributed by atoms with E-state index in [2.05, 4.69) is 5.32 Å². The van der Waals surface area contributed by atoms with Gasteiger partial charge >= 0.3 is 0 Å². The number of hydrogen-bond acceptors (Lipinski definition) is 6. The van der Waals surface area contributed by atoms with E-state index in [-0.39, 0.29) is 12.2 Å². The number of methoxy groups -OCH3 is 3. The zero-order valence-corrected chi connectivity index (χ0v) is 18.5. The van der Waals surface area contributed by atoms with Crippen LogP contribution in [0.2, 0.25) is 0 Å². The molecule has 0 atom stereocenters. The van der Waals surface area contributed by atoms with Crippen LogP contribution in [0.5, 0.6) is 17.2 Å². The van der Waals surface area contributed by atoms with Crippen LogP contribution in [0.15, 0.2) is 42.5 Å². The third kappa shape index (κ3) is 6.28. The summed E-state index contributed by atoms with van der Waals surface area (Å²) in [4.78, 5) is 12.4. The van der Waals surface area contributed by atoms with Crippen molar-refractivity contribution in [3.8, 4) is 17.2 Å². The van der Waals surface area contributed by atoms with Gasteiger partial charge in [0.1, 0.15) is 23.8 Å². The Labute approximate surface area is 177 Å². The van der Waals surface area contributed by atoms with Crippen molar-refractivity contribution >= 4 is 21.6 Å². The molecule has 1 amide bonds. The lowest BCUT2D eigenvalue weighted by molar-refractivity contribution is -0.119. The van der Waals surface area contributed by atoms with Gasteiger partial charge in [0.05, 0.1) is 33.3 Å². The number of rotatable bonds is 11. The standard InChI is InChI=1S/C21H28N2O6S/c1-27-17-11-12-18(20(14-17)29-3)23(30(4,25)26)15-21(24)22-13-7-9-16-8-5-6-10-19(16)28-2/h5-6,8,10-12,14H,7,9,13,15H2,1-4H3,(H,22,24). The Kier molecular flexibility index (Phi) is 8.35. The Hall–Kier alpha value is -2.94. The number of nitrogens with one attached hydrogen (secondary N) is 1. The lowest BCUT2D eigenvalue weighted by Crippen LogP contribution is -2.40. The summed E-state index contributed by atoms with van der Waals surface area (Å²) in [5.74, 6) is 1.21. The highest BCUT2D eigenvalue weighted by atomic mass is 32.2. The molecule has 1 N–H and O–H groups in total. The van der Waals surface area contributed by atoms with Gasteiger partial charge in [-0.15, -0.1) is 0 Å². The van der Waals surface area contributed by atoms with Crippen LogP contribution in [0.1, 0.15) is 12.0 Å². The summed E-state index contributed by atoms with van der Waals surface area (Å²) in [5, 5.41) is 2.77. The quantitative estimate of drug-likeness (QED) is 0.543. The van der Waals surface area contributed by atoms with Crippen molar-refractivity contribution in [2.45, 2.75) is 12.8 Å². The predicted octanol–water partition coefficient (Wildman–Crippen LogP) is 2.23. The van der Waals surface area contributed by atoms with Gasteiger partial charge in [-0.2, -0.15) is 0 Å². The summed E-state index contributed by atoms with van der Waals surface area (Å²) in [6, 6.07) is 12.4. The third-order valence-electron chi connectivity index (χ3n) is 4.48. The average molecular weight is 437 g/mol. The van der Waals surface area contributed by atoms with E-state index in [9.17, 15) is 13.2 Å². The van der Waals surface area contributed by atoms with Gasteiger partial charge in [0.15, 0.2) is 0 Å². The first-order chi connectivity index (χ1) is 14.3. The Bertz CT molecular complexity index is 962. The summed E-state index contributed by atoms with van der Waals surface area (Å²) >= 11 is 0. The van der Waals surface area contributed by atoms with Crippen molar-refractivity contribution < 1.29 is 27.4 Å². The van der Waals surface area contributed by atoms with Crippen LogP contribution in [0.4, 0.5) is 5.69 Å². The Morgan fingerprint density at radius 2 is 1.70 bits per heavy atom. The first-order valence-electron chi connectivity index (χ1n) is 9.38. The Morgan fingerprint density at radius 3 is 2.33 bits per heavy atom. The molecule has 0 aliphatic rings. The Balaban J connectivity index is 2.01. The van der Waals surface area contributed by atoms with Crippen molar-refractivity contribution in [3.63, 3.8) is 0 Å². The summed E-state index contributed by atoms with van der Waals surface area (Å²) < 4.78 is 41.4. The SMILES string of the molecule is COc1ccc(N(CC(=O)NCCCc2ccccc2OC)S(C)(=O)=O)c(OC)c1. The second-order valence-electron chi connectivity index (χ2n) is 6.57. The van der Waals surface area contributed by atoms with Gasteiger partial charge in [0.25, 0.3) is 0 Å². The molecular weight excluding hydrogens is 408 g/mol. The number of amides is 1. The minimum Gasteiger partial charge on any atom is -0.497 e. The maximum Gasteiger partial charge on any atom is 0.240 e. The topological polar surface area (TPSA) is 94.2 Å². The van der Waals surface area contributed by atoms with E-state index in [0.717, 1.165) is 28.3 Å². The maximum atomic E-state index is 12.4. The van der Waals surface area contributed by atoms with E-state index >= 15 is 0 Å². The molecule has 0 radical (unpaired) electrons. The molecule has 0 heterocycles. The molecule has 0 spiro atoms. The van der Waals surface area contributed by atoms with Gasteiger partial charge in [-0.1, -0.05) is 18.2 Å². The van der Waals surface area contributed by atoms with Crippen molar-refractivity contribution in [2.24, 2.45) is 0 Å². The van der Waals surface area contributed by atoms with Crippen molar-refractivity contribution in [1.82, 2.24) is 5.32 Å². The molecule has 2 rings (SSSR count). The molecule has 0 bridgehead atoms. The van der Waals surface area contributed by atoms with Crippen LogP contribution in [-0.4, -0.2) is 55.0 Å². The summed E-state index contributed by atoms with van der Waals surface area (Å²) in [5.41, 5.74) is 1.32. The molecule has 30 heavy (non-hydrogen) atoms. The average Bonchev–Trinajstić information content (AvgIpc) is 2.74. The van der Waals surface area contributed by atoms with Crippen LogP contribution in [0, 0.1) is 0 Å². The summed E-state index contributed by atoms with van der Waals surface area (Å²) in [6.45, 7) is 0.0599. The molecule has 2 aromatic carbocycles. The van der Waals surface area contributed by atoms with Gasteiger partial charge in [-0.3, -0.25) is 9.10 Å². The summed E-state index contributed by atoms with van der Waals surface area (Å²) in [6.07, 6.45) is 2.47. The molecular formula is C21H28N2O6S. The third-order valence-corrected chi connectivity index (χ3v) is 5.61.